The second-order valence-corrected chi connectivity index (χ2v) is 6.29. The van der Waals surface area contributed by atoms with Crippen LogP contribution in [0.5, 0.6) is 0 Å². The van der Waals surface area contributed by atoms with Crippen LogP contribution in [-0.2, 0) is 35.8 Å². The van der Waals surface area contributed by atoms with Gasteiger partial charge in [-0.25, -0.2) is 22.6 Å². The number of amides is 2. The zero-order chi connectivity index (χ0) is 17.6. The van der Waals surface area contributed by atoms with Crippen molar-refractivity contribution in [2.45, 2.75) is 13.0 Å². The van der Waals surface area contributed by atoms with Gasteiger partial charge in [0.15, 0.2) is 0 Å². The number of hydroxylamine groups is 2. The van der Waals surface area contributed by atoms with Gasteiger partial charge in [-0.05, 0) is 17.7 Å². The van der Waals surface area contributed by atoms with E-state index >= 15 is 0 Å². The summed E-state index contributed by atoms with van der Waals surface area (Å²) in [5, 5.41) is 0.804. The quantitative estimate of drug-likeness (QED) is 0.414. The molecule has 8 nitrogen and oxygen atoms in total. The van der Waals surface area contributed by atoms with Crippen LogP contribution in [0.1, 0.15) is 12.0 Å². The third-order valence-corrected chi connectivity index (χ3v) is 3.14. The van der Waals surface area contributed by atoms with E-state index in [4.69, 9.17) is 4.84 Å². The Labute approximate surface area is 132 Å². The molecule has 0 heterocycles. The molecule has 0 saturated heterocycles. The number of hydrogen-bond acceptors (Lipinski definition) is 6. The van der Waals surface area contributed by atoms with E-state index in [0.29, 0.717) is 11.8 Å². The van der Waals surface area contributed by atoms with Crippen molar-refractivity contribution in [3.8, 4) is 0 Å². The summed E-state index contributed by atoms with van der Waals surface area (Å²) in [4.78, 5) is 39.5. The van der Waals surface area contributed by atoms with Gasteiger partial charge in [-0.2, -0.15) is 0 Å². The van der Waals surface area contributed by atoms with Gasteiger partial charge in [0.1, 0.15) is 5.82 Å². The maximum absolute atomic E-state index is 12.8. The minimum Gasteiger partial charge on any atom is -0.288 e. The lowest BCUT2D eigenvalue weighted by Crippen LogP contribution is -2.39. The van der Waals surface area contributed by atoms with Crippen LogP contribution >= 0.6 is 0 Å². The van der Waals surface area contributed by atoms with Crippen molar-refractivity contribution in [1.82, 2.24) is 9.79 Å². The SMILES string of the molecule is CON(Cc1ccc(F)cc1)C(=O)CC(=O)C(=O)NS(C)(=O)=O. The van der Waals surface area contributed by atoms with E-state index in [-0.39, 0.29) is 6.54 Å². The number of Topliss-reactive ketones (excluding diaryl/α,β-unsaturated/α-hetero) is 1. The zero-order valence-electron chi connectivity index (χ0n) is 12.4. The Morgan fingerprint density at radius 3 is 2.26 bits per heavy atom. The Bertz CT molecular complexity index is 702. The molecule has 0 aromatic heterocycles. The Morgan fingerprint density at radius 1 is 1.22 bits per heavy atom. The average molecular weight is 346 g/mol. The van der Waals surface area contributed by atoms with Gasteiger partial charge >= 0.3 is 5.91 Å². The van der Waals surface area contributed by atoms with E-state index < -0.39 is 39.9 Å². The highest BCUT2D eigenvalue weighted by atomic mass is 32.2. The summed E-state index contributed by atoms with van der Waals surface area (Å²) >= 11 is 0. The molecule has 2 amide bonds. The molecular weight excluding hydrogens is 331 g/mol. The molecule has 0 aliphatic heterocycles. The van der Waals surface area contributed by atoms with Crippen LogP contribution in [0, 0.1) is 5.82 Å². The van der Waals surface area contributed by atoms with E-state index in [1.54, 1.807) is 0 Å². The fourth-order valence-electron chi connectivity index (χ4n) is 1.54. The molecule has 0 aliphatic carbocycles. The lowest BCUT2D eigenvalue weighted by atomic mass is 10.2. The zero-order valence-corrected chi connectivity index (χ0v) is 13.2. The number of hydrogen-bond donors (Lipinski definition) is 1. The second-order valence-electron chi connectivity index (χ2n) is 4.54. The molecule has 0 spiro atoms. The third-order valence-electron chi connectivity index (χ3n) is 2.58. The van der Waals surface area contributed by atoms with Gasteiger partial charge < -0.3 is 0 Å². The Hall–Kier alpha value is -2.33. The van der Waals surface area contributed by atoms with Crippen molar-refractivity contribution in [2.24, 2.45) is 0 Å². The first-order chi connectivity index (χ1) is 10.6. The number of nitrogens with zero attached hydrogens (tertiary/aromatic N) is 1. The lowest BCUT2D eigenvalue weighted by Gasteiger charge is -2.19. The van der Waals surface area contributed by atoms with Crippen LogP contribution in [-0.4, -0.2) is 44.4 Å². The summed E-state index contributed by atoms with van der Waals surface area (Å²) in [7, 11) is -2.71. The summed E-state index contributed by atoms with van der Waals surface area (Å²) in [6, 6.07) is 5.23. The van der Waals surface area contributed by atoms with Crippen molar-refractivity contribution in [3.05, 3.63) is 35.6 Å². The third kappa shape index (κ3) is 6.53. The van der Waals surface area contributed by atoms with Gasteiger partial charge in [0, 0.05) is 0 Å². The molecule has 0 unspecified atom stereocenters. The molecular formula is C13H15FN2O6S. The molecule has 1 rings (SSSR count). The van der Waals surface area contributed by atoms with Crippen molar-refractivity contribution >= 4 is 27.6 Å². The highest BCUT2D eigenvalue weighted by Gasteiger charge is 2.24. The summed E-state index contributed by atoms with van der Waals surface area (Å²) in [6.07, 6.45) is -0.160. The number of ketones is 1. The number of halogens is 1. The fourth-order valence-corrected chi connectivity index (χ4v) is 1.99. The van der Waals surface area contributed by atoms with E-state index in [9.17, 15) is 27.2 Å². The molecule has 10 heteroatoms. The summed E-state index contributed by atoms with van der Waals surface area (Å²) in [5.74, 6) is -3.91. The van der Waals surface area contributed by atoms with Gasteiger partial charge in [-0.3, -0.25) is 19.2 Å². The summed E-state index contributed by atoms with van der Waals surface area (Å²) in [6.45, 7) is -0.0728. The number of rotatable bonds is 7. The molecule has 1 aromatic carbocycles. The number of carbonyl (C=O) groups is 3. The number of nitrogens with one attached hydrogen (secondary N) is 1. The van der Waals surface area contributed by atoms with Crippen LogP contribution in [0.2, 0.25) is 0 Å². The van der Waals surface area contributed by atoms with E-state index in [1.807, 2.05) is 0 Å². The highest BCUT2D eigenvalue weighted by Crippen LogP contribution is 2.08. The molecule has 126 valence electrons. The molecule has 1 N–H and O–H groups in total. The maximum Gasteiger partial charge on any atom is 0.301 e. The Balaban J connectivity index is 2.68. The van der Waals surface area contributed by atoms with E-state index in [0.717, 1.165) is 5.06 Å². The number of benzene rings is 1. The van der Waals surface area contributed by atoms with Crippen LogP contribution in [0.15, 0.2) is 24.3 Å². The Morgan fingerprint density at radius 2 is 1.78 bits per heavy atom. The van der Waals surface area contributed by atoms with Gasteiger partial charge in [-0.1, -0.05) is 12.1 Å². The first-order valence-electron chi connectivity index (χ1n) is 6.26. The first kappa shape index (κ1) is 18.7. The molecule has 0 atom stereocenters. The van der Waals surface area contributed by atoms with Gasteiger partial charge in [0.05, 0.1) is 26.3 Å². The van der Waals surface area contributed by atoms with Gasteiger partial charge in [0.25, 0.3) is 5.91 Å². The van der Waals surface area contributed by atoms with E-state index in [1.165, 1.54) is 36.1 Å². The minimum atomic E-state index is -3.89. The fraction of sp³-hybridized carbons (Fsp3) is 0.308. The van der Waals surface area contributed by atoms with Crippen molar-refractivity contribution < 1.29 is 32.0 Å². The van der Waals surface area contributed by atoms with E-state index in [2.05, 4.69) is 0 Å². The van der Waals surface area contributed by atoms with Crippen molar-refractivity contribution in [3.63, 3.8) is 0 Å². The standard InChI is InChI=1S/C13H15FN2O6S/c1-22-16(8-9-3-5-10(14)6-4-9)12(18)7-11(17)13(19)15-23(2,20)21/h3-6H,7-8H2,1-2H3,(H,15,19). The molecule has 1 aromatic rings. The highest BCUT2D eigenvalue weighted by molar-refractivity contribution is 7.89. The van der Waals surface area contributed by atoms with Crippen molar-refractivity contribution in [1.29, 1.82) is 0 Å². The van der Waals surface area contributed by atoms with Crippen molar-refractivity contribution in [2.75, 3.05) is 13.4 Å². The lowest BCUT2D eigenvalue weighted by molar-refractivity contribution is -0.180. The van der Waals surface area contributed by atoms with Gasteiger partial charge in [0.2, 0.25) is 15.8 Å². The predicted octanol–water partition coefficient (Wildman–Crippen LogP) is -0.249. The van der Waals surface area contributed by atoms with Crippen LogP contribution < -0.4 is 4.72 Å². The van der Waals surface area contributed by atoms with Crippen LogP contribution in [0.25, 0.3) is 0 Å². The molecule has 0 bridgehead atoms. The number of sulfonamides is 1. The summed E-state index contributed by atoms with van der Waals surface area (Å²) < 4.78 is 36.0. The topological polar surface area (TPSA) is 110 Å². The molecule has 0 fully saturated rings. The Kier molecular flexibility index (Phi) is 6.34. The molecule has 23 heavy (non-hydrogen) atoms. The average Bonchev–Trinajstić information content (AvgIpc) is 2.44. The number of carbonyl (C=O) groups excluding carboxylic acids is 3. The first-order valence-corrected chi connectivity index (χ1v) is 8.15. The summed E-state index contributed by atoms with van der Waals surface area (Å²) in [5.41, 5.74) is 0.537. The van der Waals surface area contributed by atoms with Crippen LogP contribution in [0.3, 0.4) is 0 Å². The smallest absolute Gasteiger partial charge is 0.288 e. The second kappa shape index (κ2) is 7.79. The molecule has 0 radical (unpaired) electrons. The molecule has 0 saturated carbocycles. The van der Waals surface area contributed by atoms with Crippen LogP contribution in [0.4, 0.5) is 4.39 Å². The maximum atomic E-state index is 12.8. The van der Waals surface area contributed by atoms with Gasteiger partial charge in [-0.15, -0.1) is 0 Å². The molecule has 0 aliphatic rings. The monoisotopic (exact) mass is 346 g/mol. The minimum absolute atomic E-state index is 0.0728. The predicted molar refractivity (Wildman–Crippen MR) is 76.6 cm³/mol. The normalized spacial score (nSPS) is 10.9. The largest absolute Gasteiger partial charge is 0.301 e.